The van der Waals surface area contributed by atoms with Gasteiger partial charge in [0.05, 0.1) is 24.5 Å². The van der Waals surface area contributed by atoms with Gasteiger partial charge in [0.25, 0.3) is 0 Å². The lowest BCUT2D eigenvalue weighted by atomic mass is 10.2. The quantitative estimate of drug-likeness (QED) is 0.399. The standard InChI is InChI=1S/C21H21N7O2/c1-12-3-2-4-16(24-12)11-22-17-9-18(25-15-5-6-15)28-20(26-17)14(10-23-28)7-13-8-19(29)27-21(13)30/h2-4,7-10,15,22,27,29-30H,5-6,11H2,1H3. The van der Waals surface area contributed by atoms with Crippen molar-refractivity contribution in [3.63, 3.8) is 0 Å². The van der Waals surface area contributed by atoms with Crippen molar-refractivity contribution >= 4 is 17.5 Å². The van der Waals surface area contributed by atoms with Crippen molar-refractivity contribution in [3.05, 3.63) is 64.2 Å². The van der Waals surface area contributed by atoms with Crippen molar-refractivity contribution in [2.75, 3.05) is 5.32 Å². The molecule has 0 unspecified atom stereocenters. The Bertz CT molecular complexity index is 1350. The van der Waals surface area contributed by atoms with Gasteiger partial charge in [-0.2, -0.15) is 9.61 Å². The van der Waals surface area contributed by atoms with Gasteiger partial charge in [0.1, 0.15) is 5.82 Å². The molecule has 4 aromatic rings. The molecule has 0 atom stereocenters. The minimum absolute atomic E-state index is 0.111. The highest BCUT2D eigenvalue weighted by Gasteiger charge is 2.20. The molecule has 0 radical (unpaired) electrons. The molecule has 4 N–H and O–H groups in total. The largest absolute Gasteiger partial charge is 0.494 e. The van der Waals surface area contributed by atoms with Crippen molar-refractivity contribution in [3.8, 4) is 11.8 Å². The number of fused-ring (bicyclic) bond motifs is 1. The lowest BCUT2D eigenvalue weighted by Gasteiger charge is -2.07. The van der Waals surface area contributed by atoms with Crippen LogP contribution >= 0.6 is 0 Å². The van der Waals surface area contributed by atoms with E-state index < -0.39 is 0 Å². The van der Waals surface area contributed by atoms with Crippen molar-refractivity contribution in [2.24, 2.45) is 4.99 Å². The number of rotatable bonds is 5. The van der Waals surface area contributed by atoms with E-state index in [2.05, 4.69) is 20.4 Å². The second-order valence-corrected chi connectivity index (χ2v) is 7.42. The number of aryl methyl sites for hydroxylation is 1. The zero-order valence-corrected chi connectivity index (χ0v) is 16.4. The summed E-state index contributed by atoms with van der Waals surface area (Å²) in [6, 6.07) is 9.56. The van der Waals surface area contributed by atoms with Gasteiger partial charge in [-0.1, -0.05) is 6.07 Å². The summed E-state index contributed by atoms with van der Waals surface area (Å²) in [5.74, 6) is 0.441. The fourth-order valence-electron chi connectivity index (χ4n) is 3.24. The number of anilines is 1. The molecule has 1 aliphatic rings. The lowest BCUT2D eigenvalue weighted by Crippen LogP contribution is -2.20. The number of aromatic amines is 1. The van der Waals surface area contributed by atoms with Crippen LogP contribution in [0, 0.1) is 6.92 Å². The maximum Gasteiger partial charge on any atom is 0.198 e. The first-order valence-electron chi connectivity index (χ1n) is 9.77. The minimum Gasteiger partial charge on any atom is -0.494 e. The summed E-state index contributed by atoms with van der Waals surface area (Å²) in [6.07, 6.45) is 5.55. The minimum atomic E-state index is -0.116. The number of H-pyrrole nitrogens is 1. The van der Waals surface area contributed by atoms with Crippen LogP contribution in [0.3, 0.4) is 0 Å². The topological polar surface area (TPSA) is 124 Å². The van der Waals surface area contributed by atoms with Crippen molar-refractivity contribution in [2.45, 2.75) is 32.4 Å². The molecule has 30 heavy (non-hydrogen) atoms. The first-order chi connectivity index (χ1) is 14.5. The van der Waals surface area contributed by atoms with E-state index in [1.54, 1.807) is 16.8 Å². The second kappa shape index (κ2) is 7.18. The first kappa shape index (κ1) is 18.2. The zero-order chi connectivity index (χ0) is 20.7. The maximum absolute atomic E-state index is 9.94. The van der Waals surface area contributed by atoms with Gasteiger partial charge in [0.15, 0.2) is 22.9 Å². The Labute approximate surface area is 171 Å². The Balaban J connectivity index is 1.58. The molecule has 0 aliphatic heterocycles. The van der Waals surface area contributed by atoms with Gasteiger partial charge in [-0.25, -0.2) is 4.98 Å². The van der Waals surface area contributed by atoms with E-state index in [-0.39, 0.29) is 11.8 Å². The third-order valence-electron chi connectivity index (χ3n) is 4.86. The van der Waals surface area contributed by atoms with Crippen LogP contribution in [0.4, 0.5) is 5.82 Å². The third-order valence-corrected chi connectivity index (χ3v) is 4.86. The number of aromatic hydroxyl groups is 2. The number of nitrogens with one attached hydrogen (secondary N) is 2. The number of pyridine rings is 1. The fourth-order valence-corrected chi connectivity index (χ4v) is 3.24. The number of nitrogens with zero attached hydrogens (tertiary/aromatic N) is 5. The SMILES string of the molecule is Cc1cccc(CNc2cc(=NC3CC3)n3ncc(=Cc4cc(O)[nH]c4O)c3n2)n1. The molecule has 0 spiro atoms. The molecule has 0 amide bonds. The van der Waals surface area contributed by atoms with E-state index in [4.69, 9.17) is 9.98 Å². The smallest absolute Gasteiger partial charge is 0.198 e. The molecule has 4 aromatic heterocycles. The van der Waals surface area contributed by atoms with Crippen LogP contribution in [0.2, 0.25) is 0 Å². The first-order valence-corrected chi connectivity index (χ1v) is 9.77. The highest BCUT2D eigenvalue weighted by molar-refractivity contribution is 5.62. The van der Waals surface area contributed by atoms with Gasteiger partial charge in [-0.05, 0) is 38.0 Å². The van der Waals surface area contributed by atoms with Crippen LogP contribution < -0.4 is 16.0 Å². The van der Waals surface area contributed by atoms with Gasteiger partial charge in [-0.3, -0.25) is 15.0 Å². The molecule has 0 saturated heterocycles. The van der Waals surface area contributed by atoms with Gasteiger partial charge in [0, 0.05) is 28.6 Å². The molecular formula is C21H21N7O2. The zero-order valence-electron chi connectivity index (χ0n) is 16.4. The highest BCUT2D eigenvalue weighted by Crippen LogP contribution is 2.23. The Kier molecular flexibility index (Phi) is 4.35. The number of hydrogen-bond donors (Lipinski definition) is 4. The monoisotopic (exact) mass is 403 g/mol. The van der Waals surface area contributed by atoms with Crippen molar-refractivity contribution in [1.29, 1.82) is 0 Å². The highest BCUT2D eigenvalue weighted by atomic mass is 16.3. The summed E-state index contributed by atoms with van der Waals surface area (Å²) >= 11 is 0. The predicted molar refractivity (Wildman–Crippen MR) is 111 cm³/mol. The molecule has 4 heterocycles. The molecule has 9 heteroatoms. The van der Waals surface area contributed by atoms with Crippen LogP contribution in [0.15, 0.2) is 41.5 Å². The van der Waals surface area contributed by atoms with Crippen LogP contribution in [0.1, 0.15) is 29.8 Å². The van der Waals surface area contributed by atoms with E-state index in [9.17, 15) is 10.2 Å². The van der Waals surface area contributed by atoms with Gasteiger partial charge >= 0.3 is 0 Å². The summed E-state index contributed by atoms with van der Waals surface area (Å²) in [6.45, 7) is 2.50. The molecule has 1 aliphatic carbocycles. The molecule has 9 nitrogen and oxygen atoms in total. The van der Waals surface area contributed by atoms with Crippen LogP contribution in [-0.4, -0.2) is 40.8 Å². The normalized spacial score (nSPS) is 15.2. The molecular weight excluding hydrogens is 382 g/mol. The number of aromatic nitrogens is 5. The third kappa shape index (κ3) is 3.69. The molecule has 5 rings (SSSR count). The van der Waals surface area contributed by atoms with E-state index in [1.807, 2.05) is 31.2 Å². The Morgan fingerprint density at radius 2 is 2.13 bits per heavy atom. The van der Waals surface area contributed by atoms with Crippen molar-refractivity contribution < 1.29 is 10.2 Å². The molecule has 152 valence electrons. The number of hydrogen-bond acceptors (Lipinski definition) is 7. The summed E-state index contributed by atoms with van der Waals surface area (Å²) in [5.41, 5.74) is 3.67. The fraction of sp³-hybridized carbons (Fsp3) is 0.238. The summed E-state index contributed by atoms with van der Waals surface area (Å²) in [4.78, 5) is 16.5. The molecule has 0 bridgehead atoms. The average molecular weight is 403 g/mol. The second-order valence-electron chi connectivity index (χ2n) is 7.42. The predicted octanol–water partition coefficient (Wildman–Crippen LogP) is 1.39. The van der Waals surface area contributed by atoms with Gasteiger partial charge < -0.3 is 15.5 Å². The van der Waals surface area contributed by atoms with Gasteiger partial charge in [0.2, 0.25) is 0 Å². The van der Waals surface area contributed by atoms with E-state index in [0.717, 1.165) is 29.7 Å². The summed E-state index contributed by atoms with van der Waals surface area (Å²) < 4.78 is 1.70. The Morgan fingerprint density at radius 1 is 1.27 bits per heavy atom. The maximum atomic E-state index is 9.94. The lowest BCUT2D eigenvalue weighted by molar-refractivity contribution is 0.425. The van der Waals surface area contributed by atoms with Crippen LogP contribution in [0.25, 0.3) is 11.7 Å². The van der Waals surface area contributed by atoms with E-state index in [1.165, 1.54) is 6.07 Å². The van der Waals surface area contributed by atoms with E-state index >= 15 is 0 Å². The Morgan fingerprint density at radius 3 is 2.87 bits per heavy atom. The summed E-state index contributed by atoms with van der Waals surface area (Å²) in [7, 11) is 0. The van der Waals surface area contributed by atoms with Crippen LogP contribution in [0.5, 0.6) is 11.8 Å². The van der Waals surface area contributed by atoms with E-state index in [0.29, 0.717) is 34.8 Å². The Hall–Kier alpha value is -3.88. The van der Waals surface area contributed by atoms with Gasteiger partial charge in [-0.15, -0.1) is 0 Å². The average Bonchev–Trinajstić information content (AvgIpc) is 3.35. The molecule has 1 saturated carbocycles. The summed E-state index contributed by atoms with van der Waals surface area (Å²) in [5, 5.41) is 28.0. The molecule has 1 fully saturated rings. The van der Waals surface area contributed by atoms with Crippen LogP contribution in [-0.2, 0) is 6.54 Å². The molecule has 0 aromatic carbocycles. The van der Waals surface area contributed by atoms with Crippen molar-refractivity contribution in [1.82, 2.24) is 24.6 Å².